The maximum atomic E-state index is 10.9. The molecule has 0 bridgehead atoms. The number of carboxylic acid groups (broad SMARTS) is 1. The first-order chi connectivity index (χ1) is 6.37. The van der Waals surface area contributed by atoms with Gasteiger partial charge in [-0.3, -0.25) is 4.79 Å². The zero-order chi connectivity index (χ0) is 10.9. The van der Waals surface area contributed by atoms with Crippen molar-refractivity contribution in [3.8, 4) is 0 Å². The second kappa shape index (κ2) is 4.13. The first-order valence-electron chi connectivity index (χ1n) is 5.18. The number of hydrogen-bond acceptors (Lipinski definition) is 2. The predicted octanol–water partition coefficient (Wildman–Crippen LogP) is 2.73. The fourth-order valence-electron chi connectivity index (χ4n) is 1.98. The predicted molar refractivity (Wildman–Crippen MR) is 60.6 cm³/mol. The smallest absolute Gasteiger partial charge is 0.307 e. The molecule has 0 radical (unpaired) electrons. The normalized spacial score (nSPS) is 29.2. The van der Waals surface area contributed by atoms with Gasteiger partial charge in [-0.1, -0.05) is 27.7 Å². The van der Waals surface area contributed by atoms with Crippen LogP contribution in [0.2, 0.25) is 0 Å². The molecule has 0 spiro atoms. The van der Waals surface area contributed by atoms with Crippen molar-refractivity contribution in [1.29, 1.82) is 0 Å². The third-order valence-electron chi connectivity index (χ3n) is 3.07. The molecule has 2 atom stereocenters. The van der Waals surface area contributed by atoms with E-state index in [4.69, 9.17) is 5.11 Å². The van der Waals surface area contributed by atoms with Crippen molar-refractivity contribution in [2.24, 2.45) is 23.2 Å². The summed E-state index contributed by atoms with van der Waals surface area (Å²) in [6, 6.07) is 0. The third-order valence-corrected chi connectivity index (χ3v) is 4.56. The molecule has 0 aromatic heterocycles. The maximum Gasteiger partial charge on any atom is 0.307 e. The zero-order valence-electron chi connectivity index (χ0n) is 9.41. The Balaban J connectivity index is 2.31. The van der Waals surface area contributed by atoms with E-state index in [0.717, 1.165) is 11.5 Å². The maximum absolute atomic E-state index is 10.9. The fourth-order valence-corrected chi connectivity index (χ4v) is 3.46. The Morgan fingerprint density at radius 1 is 1.50 bits per heavy atom. The molecule has 82 valence electrons. The molecule has 1 saturated carbocycles. The summed E-state index contributed by atoms with van der Waals surface area (Å²) in [5.41, 5.74) is 0.0236. The van der Waals surface area contributed by atoms with Crippen molar-refractivity contribution in [3.05, 3.63) is 0 Å². The quantitative estimate of drug-likeness (QED) is 0.768. The summed E-state index contributed by atoms with van der Waals surface area (Å²) in [6.45, 7) is 8.51. The summed E-state index contributed by atoms with van der Waals surface area (Å²) in [5.74, 6) is 2.49. The van der Waals surface area contributed by atoms with Crippen LogP contribution in [0.25, 0.3) is 0 Å². The Bertz CT molecular complexity index is 223. The number of carboxylic acids is 1. The van der Waals surface area contributed by atoms with Crippen LogP contribution >= 0.6 is 11.8 Å². The van der Waals surface area contributed by atoms with Crippen LogP contribution in [0, 0.1) is 23.2 Å². The lowest BCUT2D eigenvalue weighted by molar-refractivity contribution is -0.139. The molecule has 1 N–H and O–H groups in total. The van der Waals surface area contributed by atoms with E-state index >= 15 is 0 Å². The second-order valence-corrected chi connectivity index (χ2v) is 6.25. The van der Waals surface area contributed by atoms with Crippen LogP contribution in [0.5, 0.6) is 0 Å². The van der Waals surface area contributed by atoms with Crippen LogP contribution < -0.4 is 0 Å². The standard InChI is InChI=1S/C11H20O2S/c1-7(2)5-14-6-8-9(10(12)13)11(8,3)4/h7-9H,5-6H2,1-4H3,(H,12,13)/t8-,9-/m0/s1. The van der Waals surface area contributed by atoms with Gasteiger partial charge in [0.2, 0.25) is 0 Å². The largest absolute Gasteiger partial charge is 0.481 e. The van der Waals surface area contributed by atoms with Crippen LogP contribution in [0.15, 0.2) is 0 Å². The fraction of sp³-hybridized carbons (Fsp3) is 0.909. The average molecular weight is 216 g/mol. The van der Waals surface area contributed by atoms with Crippen molar-refractivity contribution in [2.75, 3.05) is 11.5 Å². The number of rotatable bonds is 5. The van der Waals surface area contributed by atoms with Crippen molar-refractivity contribution >= 4 is 17.7 Å². The number of carbonyl (C=O) groups is 1. The summed E-state index contributed by atoms with van der Waals surface area (Å²) < 4.78 is 0. The van der Waals surface area contributed by atoms with Gasteiger partial charge in [-0.25, -0.2) is 0 Å². The highest BCUT2D eigenvalue weighted by atomic mass is 32.2. The molecule has 0 aromatic carbocycles. The molecule has 2 nitrogen and oxygen atoms in total. The zero-order valence-corrected chi connectivity index (χ0v) is 10.2. The van der Waals surface area contributed by atoms with Gasteiger partial charge in [-0.2, -0.15) is 11.8 Å². The minimum absolute atomic E-state index is 0.0236. The Kier molecular flexibility index (Phi) is 3.51. The van der Waals surface area contributed by atoms with Gasteiger partial charge in [0.1, 0.15) is 0 Å². The van der Waals surface area contributed by atoms with E-state index in [0.29, 0.717) is 11.8 Å². The van der Waals surface area contributed by atoms with Crippen molar-refractivity contribution in [1.82, 2.24) is 0 Å². The van der Waals surface area contributed by atoms with E-state index in [1.165, 1.54) is 0 Å². The minimum atomic E-state index is -0.620. The highest BCUT2D eigenvalue weighted by molar-refractivity contribution is 7.99. The van der Waals surface area contributed by atoms with E-state index in [-0.39, 0.29) is 11.3 Å². The topological polar surface area (TPSA) is 37.3 Å². The third kappa shape index (κ3) is 2.44. The molecule has 0 heterocycles. The van der Waals surface area contributed by atoms with Crippen LogP contribution in [0.3, 0.4) is 0 Å². The summed E-state index contributed by atoms with van der Waals surface area (Å²) in [7, 11) is 0. The van der Waals surface area contributed by atoms with E-state index in [1.54, 1.807) is 0 Å². The van der Waals surface area contributed by atoms with E-state index < -0.39 is 5.97 Å². The van der Waals surface area contributed by atoms with Gasteiger partial charge in [0.05, 0.1) is 5.92 Å². The molecule has 14 heavy (non-hydrogen) atoms. The van der Waals surface area contributed by atoms with E-state index in [9.17, 15) is 4.79 Å². The van der Waals surface area contributed by atoms with Gasteiger partial charge in [-0.05, 0) is 28.8 Å². The van der Waals surface area contributed by atoms with Crippen LogP contribution in [-0.2, 0) is 4.79 Å². The molecule has 1 aliphatic rings. The highest BCUT2D eigenvalue weighted by Gasteiger charge is 2.61. The van der Waals surface area contributed by atoms with Crippen molar-refractivity contribution in [3.63, 3.8) is 0 Å². The molecule has 0 amide bonds. The molecule has 1 rings (SSSR count). The SMILES string of the molecule is CC(C)CSC[C@H]1[C@@H](C(=O)O)C1(C)C. The van der Waals surface area contributed by atoms with Gasteiger partial charge in [0.25, 0.3) is 0 Å². The lowest BCUT2D eigenvalue weighted by Crippen LogP contribution is -2.03. The number of hydrogen-bond donors (Lipinski definition) is 1. The average Bonchev–Trinajstić information content (AvgIpc) is 2.52. The molecule has 0 saturated heterocycles. The Labute approximate surface area is 90.5 Å². The van der Waals surface area contributed by atoms with Crippen LogP contribution in [0.1, 0.15) is 27.7 Å². The van der Waals surface area contributed by atoms with Gasteiger partial charge < -0.3 is 5.11 Å². The van der Waals surface area contributed by atoms with Gasteiger partial charge >= 0.3 is 5.97 Å². The molecular formula is C11H20O2S. The van der Waals surface area contributed by atoms with Crippen LogP contribution in [-0.4, -0.2) is 22.6 Å². The molecule has 3 heteroatoms. The van der Waals surface area contributed by atoms with Crippen molar-refractivity contribution < 1.29 is 9.90 Å². The molecule has 0 aliphatic heterocycles. The lowest BCUT2D eigenvalue weighted by Gasteiger charge is -2.04. The number of thioether (sulfide) groups is 1. The molecule has 1 aliphatic carbocycles. The molecule has 1 fully saturated rings. The monoisotopic (exact) mass is 216 g/mol. The molecule has 0 aromatic rings. The Morgan fingerprint density at radius 2 is 2.07 bits per heavy atom. The number of aliphatic carboxylic acids is 1. The Hall–Kier alpha value is -0.180. The summed E-state index contributed by atoms with van der Waals surface area (Å²) in [4.78, 5) is 10.9. The van der Waals surface area contributed by atoms with Gasteiger partial charge in [0.15, 0.2) is 0 Å². The summed E-state index contributed by atoms with van der Waals surface area (Å²) in [6.07, 6.45) is 0. The highest BCUT2D eigenvalue weighted by Crippen LogP contribution is 2.59. The van der Waals surface area contributed by atoms with Gasteiger partial charge in [0, 0.05) is 0 Å². The second-order valence-electron chi connectivity index (χ2n) is 5.18. The van der Waals surface area contributed by atoms with Gasteiger partial charge in [-0.15, -0.1) is 0 Å². The molecular weight excluding hydrogens is 196 g/mol. The van der Waals surface area contributed by atoms with E-state index in [1.807, 2.05) is 11.8 Å². The lowest BCUT2D eigenvalue weighted by atomic mass is 10.1. The first kappa shape index (κ1) is 11.9. The van der Waals surface area contributed by atoms with E-state index in [2.05, 4.69) is 27.7 Å². The van der Waals surface area contributed by atoms with Crippen molar-refractivity contribution in [2.45, 2.75) is 27.7 Å². The molecule has 0 unspecified atom stereocenters. The van der Waals surface area contributed by atoms with Crippen LogP contribution in [0.4, 0.5) is 0 Å². The first-order valence-corrected chi connectivity index (χ1v) is 6.33. The summed E-state index contributed by atoms with van der Waals surface area (Å²) >= 11 is 1.89. The Morgan fingerprint density at radius 3 is 2.43 bits per heavy atom. The minimum Gasteiger partial charge on any atom is -0.481 e. The summed E-state index contributed by atoms with van der Waals surface area (Å²) in [5, 5.41) is 8.96.